The number of carbonyl (C=O) groups excluding carboxylic acids is 1. The third-order valence-corrected chi connectivity index (χ3v) is 7.56. The Kier molecular flexibility index (Phi) is 5.31. The molecule has 0 aliphatic carbocycles. The highest BCUT2D eigenvalue weighted by molar-refractivity contribution is 7.89. The normalized spacial score (nSPS) is 16.7. The maximum atomic E-state index is 12.5. The van der Waals surface area contributed by atoms with E-state index in [4.69, 9.17) is 5.11 Å². The number of aromatic carboxylic acids is 1. The Hall–Kier alpha value is -1.97. The van der Waals surface area contributed by atoms with Crippen molar-refractivity contribution in [3.05, 3.63) is 29.1 Å². The van der Waals surface area contributed by atoms with Crippen molar-refractivity contribution in [3.8, 4) is 0 Å². The number of hydrogen-bond donors (Lipinski definition) is 2. The summed E-state index contributed by atoms with van der Waals surface area (Å²) >= 11 is 1.19. The lowest BCUT2D eigenvalue weighted by Gasteiger charge is -2.30. The van der Waals surface area contributed by atoms with Crippen molar-refractivity contribution in [1.29, 1.82) is 0 Å². The molecular formula is C17H20N2O5S2. The average Bonchev–Trinajstić information content (AvgIpc) is 3.05. The van der Waals surface area contributed by atoms with Crippen molar-refractivity contribution in [2.24, 2.45) is 5.92 Å². The number of anilines is 1. The molecule has 7 nitrogen and oxygen atoms in total. The quantitative estimate of drug-likeness (QED) is 0.808. The van der Waals surface area contributed by atoms with Gasteiger partial charge in [0.05, 0.1) is 5.75 Å². The van der Waals surface area contributed by atoms with Crippen molar-refractivity contribution < 1.29 is 23.1 Å². The number of hydrogen-bond acceptors (Lipinski definition) is 5. The van der Waals surface area contributed by atoms with Crippen molar-refractivity contribution in [2.45, 2.75) is 19.8 Å². The van der Waals surface area contributed by atoms with Crippen LogP contribution in [0.15, 0.2) is 24.3 Å². The van der Waals surface area contributed by atoms with E-state index in [1.807, 2.05) is 0 Å². The van der Waals surface area contributed by atoms with Gasteiger partial charge in [-0.2, -0.15) is 0 Å². The lowest BCUT2D eigenvalue weighted by atomic mass is 9.97. The van der Waals surface area contributed by atoms with Gasteiger partial charge < -0.3 is 10.4 Å². The van der Waals surface area contributed by atoms with Crippen molar-refractivity contribution >= 4 is 49.0 Å². The third-order valence-electron chi connectivity index (χ3n) is 4.58. The Morgan fingerprint density at radius 1 is 1.27 bits per heavy atom. The molecule has 3 rings (SSSR count). The minimum absolute atomic E-state index is 0.0723. The van der Waals surface area contributed by atoms with Gasteiger partial charge in [-0.15, -0.1) is 11.3 Å². The Labute approximate surface area is 155 Å². The molecule has 0 atom stereocenters. The lowest BCUT2D eigenvalue weighted by Crippen LogP contribution is -2.42. The Bertz CT molecular complexity index is 943. The first-order valence-electron chi connectivity index (χ1n) is 8.35. The van der Waals surface area contributed by atoms with Gasteiger partial charge in [-0.3, -0.25) is 4.79 Å². The first-order valence-corrected chi connectivity index (χ1v) is 10.8. The summed E-state index contributed by atoms with van der Waals surface area (Å²) < 4.78 is 26.1. The molecule has 1 fully saturated rings. The van der Waals surface area contributed by atoms with E-state index < -0.39 is 16.0 Å². The maximum Gasteiger partial charge on any atom is 0.345 e. The zero-order chi connectivity index (χ0) is 18.9. The van der Waals surface area contributed by atoms with Crippen molar-refractivity contribution in [2.75, 3.05) is 24.2 Å². The van der Waals surface area contributed by atoms with Crippen LogP contribution in [0.25, 0.3) is 10.1 Å². The van der Waals surface area contributed by atoms with E-state index >= 15 is 0 Å². The summed E-state index contributed by atoms with van der Waals surface area (Å²) in [5, 5.41) is 12.7. The largest absolute Gasteiger partial charge is 0.477 e. The van der Waals surface area contributed by atoms with Crippen LogP contribution in [-0.4, -0.2) is 48.5 Å². The number of sulfonamides is 1. The predicted octanol–water partition coefficient (Wildman–Crippen LogP) is 2.60. The molecular weight excluding hydrogens is 376 g/mol. The van der Waals surface area contributed by atoms with Gasteiger partial charge in [-0.25, -0.2) is 17.5 Å². The van der Waals surface area contributed by atoms with Crippen LogP contribution >= 0.6 is 11.3 Å². The summed E-state index contributed by atoms with van der Waals surface area (Å²) in [6.45, 7) is 2.34. The molecule has 9 heteroatoms. The summed E-state index contributed by atoms with van der Waals surface area (Å²) in [4.78, 5) is 23.8. The zero-order valence-corrected chi connectivity index (χ0v) is 15.9. The summed E-state index contributed by atoms with van der Waals surface area (Å²) in [6, 6.07) is 6.89. The van der Waals surface area contributed by atoms with Gasteiger partial charge in [0.25, 0.3) is 0 Å². The van der Waals surface area contributed by atoms with E-state index in [9.17, 15) is 18.0 Å². The number of benzene rings is 1. The Morgan fingerprint density at radius 3 is 2.58 bits per heavy atom. The molecule has 0 radical (unpaired) electrons. The van der Waals surface area contributed by atoms with Gasteiger partial charge in [0, 0.05) is 29.4 Å². The van der Waals surface area contributed by atoms with Gasteiger partial charge in [0.15, 0.2) is 0 Å². The fraction of sp³-hybridized carbons (Fsp3) is 0.412. The van der Waals surface area contributed by atoms with Gasteiger partial charge in [0.2, 0.25) is 15.9 Å². The number of rotatable bonds is 5. The number of nitrogens with one attached hydrogen (secondary N) is 1. The first-order chi connectivity index (χ1) is 12.3. The second kappa shape index (κ2) is 7.34. The molecule has 2 aromatic rings. The molecule has 0 unspecified atom stereocenters. The van der Waals surface area contributed by atoms with Crippen LogP contribution in [0.1, 0.15) is 29.4 Å². The lowest BCUT2D eigenvalue weighted by molar-refractivity contribution is -0.120. The van der Waals surface area contributed by atoms with Crippen LogP contribution < -0.4 is 5.32 Å². The van der Waals surface area contributed by atoms with E-state index in [-0.39, 0.29) is 22.5 Å². The Morgan fingerprint density at radius 2 is 1.96 bits per heavy atom. The summed E-state index contributed by atoms with van der Waals surface area (Å²) in [5.41, 5.74) is 0.612. The number of amides is 1. The van der Waals surface area contributed by atoms with E-state index in [1.165, 1.54) is 15.6 Å². The van der Waals surface area contributed by atoms with Crippen LogP contribution in [0, 0.1) is 5.92 Å². The zero-order valence-electron chi connectivity index (χ0n) is 14.3. The monoisotopic (exact) mass is 396 g/mol. The number of thiophene rings is 1. The van der Waals surface area contributed by atoms with Crippen LogP contribution in [0.5, 0.6) is 0 Å². The Balaban J connectivity index is 1.65. The number of carbonyl (C=O) groups is 2. The molecule has 0 bridgehead atoms. The van der Waals surface area contributed by atoms with Crippen LogP contribution in [-0.2, 0) is 14.8 Å². The highest BCUT2D eigenvalue weighted by atomic mass is 32.2. The molecule has 1 aromatic heterocycles. The summed E-state index contributed by atoms with van der Waals surface area (Å²) in [5.74, 6) is -1.26. The summed E-state index contributed by atoms with van der Waals surface area (Å²) in [6.07, 6.45) is 0.990. The first kappa shape index (κ1) is 18.8. The van der Waals surface area contributed by atoms with Crippen LogP contribution in [0.2, 0.25) is 0 Å². The molecule has 140 valence electrons. The third kappa shape index (κ3) is 3.89. The smallest absolute Gasteiger partial charge is 0.345 e. The van der Waals surface area contributed by atoms with Crippen molar-refractivity contribution in [3.63, 3.8) is 0 Å². The number of piperidine rings is 1. The van der Waals surface area contributed by atoms with Gasteiger partial charge in [-0.05, 0) is 49.4 Å². The number of carboxylic acid groups (broad SMARTS) is 1. The second-order valence-corrected chi connectivity index (χ2v) is 9.57. The van der Waals surface area contributed by atoms with Gasteiger partial charge in [-0.1, -0.05) is 0 Å². The average molecular weight is 396 g/mol. The van der Waals surface area contributed by atoms with Crippen molar-refractivity contribution in [1.82, 2.24) is 4.31 Å². The van der Waals surface area contributed by atoms with E-state index in [0.717, 1.165) is 10.1 Å². The molecule has 0 spiro atoms. The molecule has 1 saturated heterocycles. The molecule has 1 amide bonds. The molecule has 0 saturated carbocycles. The van der Waals surface area contributed by atoms with Crippen LogP contribution in [0.4, 0.5) is 5.69 Å². The summed E-state index contributed by atoms with van der Waals surface area (Å²) in [7, 11) is -3.20. The minimum Gasteiger partial charge on any atom is -0.477 e. The predicted molar refractivity (Wildman–Crippen MR) is 101 cm³/mol. The van der Waals surface area contributed by atoms with E-state index in [2.05, 4.69) is 5.32 Å². The van der Waals surface area contributed by atoms with Gasteiger partial charge >= 0.3 is 5.97 Å². The number of nitrogens with zero attached hydrogens (tertiary/aromatic N) is 1. The van der Waals surface area contributed by atoms with Crippen LogP contribution in [0.3, 0.4) is 0 Å². The fourth-order valence-corrected chi connectivity index (χ4v) is 5.06. The molecule has 1 aliphatic heterocycles. The minimum atomic E-state index is -3.20. The highest BCUT2D eigenvalue weighted by Crippen LogP contribution is 2.29. The standard InChI is InChI=1S/C17H20N2O5S2/c1-2-26(23,24)19-7-5-11(6-8-19)16(20)18-13-3-4-14-12(9-13)10-15(25-14)17(21)22/h3-4,9-11H,2,5-8H2,1H3,(H,18,20)(H,21,22). The molecule has 1 aliphatic rings. The molecule has 2 N–H and O–H groups in total. The maximum absolute atomic E-state index is 12.5. The second-order valence-electron chi connectivity index (χ2n) is 6.23. The highest BCUT2D eigenvalue weighted by Gasteiger charge is 2.30. The molecule has 1 aromatic carbocycles. The molecule has 26 heavy (non-hydrogen) atoms. The fourth-order valence-electron chi connectivity index (χ4n) is 3.05. The molecule has 2 heterocycles. The van der Waals surface area contributed by atoms with E-state index in [1.54, 1.807) is 31.2 Å². The number of fused-ring (bicyclic) bond motifs is 1. The van der Waals surface area contributed by atoms with E-state index in [0.29, 0.717) is 31.6 Å². The number of carboxylic acids is 1. The topological polar surface area (TPSA) is 104 Å². The SMILES string of the molecule is CCS(=O)(=O)N1CCC(C(=O)Nc2ccc3sc(C(=O)O)cc3c2)CC1. The van der Waals surface area contributed by atoms with Gasteiger partial charge in [0.1, 0.15) is 4.88 Å².